The molecule has 29 heavy (non-hydrogen) atoms. The molecule has 0 fully saturated rings. The smallest absolute Gasteiger partial charge is 0.277 e. The molecule has 1 aromatic heterocycles. The summed E-state index contributed by atoms with van der Waals surface area (Å²) in [6.07, 6.45) is 1.65. The van der Waals surface area contributed by atoms with Gasteiger partial charge in [0.05, 0.1) is 13.3 Å². The lowest BCUT2D eigenvalue weighted by atomic mass is 10.2. The number of aromatic nitrogens is 1. The first-order valence-corrected chi connectivity index (χ1v) is 9.33. The summed E-state index contributed by atoms with van der Waals surface area (Å²) in [5, 5.41) is 4.07. The molecule has 0 saturated heterocycles. The van der Waals surface area contributed by atoms with Crippen molar-refractivity contribution in [3.63, 3.8) is 0 Å². The van der Waals surface area contributed by atoms with Crippen LogP contribution in [-0.2, 0) is 4.79 Å². The number of para-hydroxylation sites is 2. The summed E-state index contributed by atoms with van der Waals surface area (Å²) in [6.45, 7) is 6.00. The molecule has 0 aliphatic rings. The van der Waals surface area contributed by atoms with Crippen molar-refractivity contribution in [2.24, 2.45) is 5.10 Å². The third-order valence-corrected chi connectivity index (χ3v) is 4.55. The summed E-state index contributed by atoms with van der Waals surface area (Å²) in [4.78, 5) is 12.0. The fourth-order valence-electron chi connectivity index (χ4n) is 3.17. The first-order valence-electron chi connectivity index (χ1n) is 9.33. The summed E-state index contributed by atoms with van der Waals surface area (Å²) in [5.74, 6) is 0.739. The van der Waals surface area contributed by atoms with Crippen LogP contribution in [0.3, 0.4) is 0 Å². The van der Waals surface area contributed by atoms with E-state index in [1.54, 1.807) is 25.5 Å². The van der Waals surface area contributed by atoms with Crippen molar-refractivity contribution in [3.05, 3.63) is 77.1 Å². The zero-order valence-corrected chi connectivity index (χ0v) is 17.1. The van der Waals surface area contributed by atoms with Crippen molar-refractivity contribution < 1.29 is 14.3 Å². The lowest BCUT2D eigenvalue weighted by Crippen LogP contribution is -2.24. The van der Waals surface area contributed by atoms with E-state index in [2.05, 4.69) is 40.2 Å². The summed E-state index contributed by atoms with van der Waals surface area (Å²) < 4.78 is 12.9. The number of benzene rings is 2. The number of rotatable bonds is 7. The molecule has 3 rings (SSSR count). The highest BCUT2D eigenvalue weighted by Crippen LogP contribution is 2.25. The van der Waals surface area contributed by atoms with Crippen LogP contribution >= 0.6 is 0 Å². The van der Waals surface area contributed by atoms with Gasteiger partial charge in [0.2, 0.25) is 0 Å². The van der Waals surface area contributed by atoms with E-state index < -0.39 is 0 Å². The zero-order chi connectivity index (χ0) is 20.8. The lowest BCUT2D eigenvalue weighted by molar-refractivity contribution is -0.123. The van der Waals surface area contributed by atoms with Gasteiger partial charge in [0.1, 0.15) is 0 Å². The van der Waals surface area contributed by atoms with E-state index >= 15 is 0 Å². The largest absolute Gasteiger partial charge is 0.493 e. The van der Waals surface area contributed by atoms with Crippen LogP contribution in [0.1, 0.15) is 22.5 Å². The molecule has 1 amide bonds. The Labute approximate surface area is 170 Å². The van der Waals surface area contributed by atoms with Gasteiger partial charge in [0.25, 0.3) is 5.91 Å². The third-order valence-electron chi connectivity index (χ3n) is 4.55. The summed E-state index contributed by atoms with van der Waals surface area (Å²) >= 11 is 0. The summed E-state index contributed by atoms with van der Waals surface area (Å²) in [6, 6.07) is 17.5. The minimum atomic E-state index is -0.348. The SMILES string of the molecule is COc1ccccc1OCC(=O)N/N=C\c1cc(C)n(-c2cccc(C)c2)c1C. The number of carbonyl (C=O) groups excluding carboxylic acids is 1. The fraction of sp³-hybridized carbons (Fsp3) is 0.217. The topological polar surface area (TPSA) is 64.8 Å². The number of methoxy groups -OCH3 is 1. The molecule has 2 aromatic carbocycles. The Balaban J connectivity index is 1.63. The normalized spacial score (nSPS) is 10.9. The van der Waals surface area contributed by atoms with Gasteiger partial charge < -0.3 is 14.0 Å². The number of ether oxygens (including phenoxy) is 2. The van der Waals surface area contributed by atoms with Crippen LogP contribution in [0.4, 0.5) is 0 Å². The first kappa shape index (κ1) is 20.2. The van der Waals surface area contributed by atoms with Crippen LogP contribution in [0, 0.1) is 20.8 Å². The maximum atomic E-state index is 12.0. The standard InChI is InChI=1S/C23H25N3O3/c1-16-8-7-9-20(12-16)26-17(2)13-19(18(26)3)14-24-25-23(27)15-29-22-11-6-5-10-21(22)28-4/h5-14H,15H2,1-4H3,(H,25,27)/b24-14-. The van der Waals surface area contributed by atoms with Crippen molar-refractivity contribution in [2.45, 2.75) is 20.8 Å². The molecule has 6 nitrogen and oxygen atoms in total. The highest BCUT2D eigenvalue weighted by molar-refractivity contribution is 5.84. The molecule has 0 saturated carbocycles. The molecule has 6 heteroatoms. The van der Waals surface area contributed by atoms with E-state index in [0.29, 0.717) is 11.5 Å². The van der Waals surface area contributed by atoms with Crippen molar-refractivity contribution in [1.82, 2.24) is 9.99 Å². The molecule has 1 heterocycles. The van der Waals surface area contributed by atoms with E-state index in [0.717, 1.165) is 22.6 Å². The quantitative estimate of drug-likeness (QED) is 0.490. The Kier molecular flexibility index (Phi) is 6.34. The maximum Gasteiger partial charge on any atom is 0.277 e. The van der Waals surface area contributed by atoms with Crippen molar-refractivity contribution >= 4 is 12.1 Å². The molecule has 0 aliphatic heterocycles. The maximum absolute atomic E-state index is 12.0. The number of hydrazone groups is 1. The van der Waals surface area contributed by atoms with Gasteiger partial charge in [-0.1, -0.05) is 24.3 Å². The van der Waals surface area contributed by atoms with E-state index in [9.17, 15) is 4.79 Å². The van der Waals surface area contributed by atoms with E-state index in [1.807, 2.05) is 38.1 Å². The van der Waals surface area contributed by atoms with Crippen molar-refractivity contribution in [3.8, 4) is 17.2 Å². The first-order chi connectivity index (χ1) is 14.0. The van der Waals surface area contributed by atoms with Crippen LogP contribution in [0.25, 0.3) is 5.69 Å². The lowest BCUT2D eigenvalue weighted by Gasteiger charge is -2.10. The van der Waals surface area contributed by atoms with Crippen molar-refractivity contribution in [2.75, 3.05) is 13.7 Å². The predicted octanol–water partition coefficient (Wildman–Crippen LogP) is 3.94. The third kappa shape index (κ3) is 4.85. The Morgan fingerprint density at radius 3 is 2.55 bits per heavy atom. The number of hydrogen-bond donors (Lipinski definition) is 1. The average Bonchev–Trinajstić information content (AvgIpc) is 2.99. The van der Waals surface area contributed by atoms with Crippen LogP contribution in [0.15, 0.2) is 59.7 Å². The Hall–Kier alpha value is -3.54. The number of nitrogens with zero attached hydrogens (tertiary/aromatic N) is 2. The zero-order valence-electron chi connectivity index (χ0n) is 17.1. The van der Waals surface area contributed by atoms with Gasteiger partial charge in [-0.2, -0.15) is 5.10 Å². The van der Waals surface area contributed by atoms with Crippen LogP contribution in [0.5, 0.6) is 11.5 Å². The molecule has 150 valence electrons. The van der Waals surface area contributed by atoms with Gasteiger partial charge in [-0.25, -0.2) is 5.43 Å². The molecule has 0 bridgehead atoms. The molecule has 0 unspecified atom stereocenters. The number of carbonyl (C=O) groups is 1. The number of nitrogens with one attached hydrogen (secondary N) is 1. The minimum absolute atomic E-state index is 0.153. The molecule has 0 radical (unpaired) electrons. The average molecular weight is 391 g/mol. The van der Waals surface area contributed by atoms with Gasteiger partial charge >= 0.3 is 0 Å². The molecule has 1 N–H and O–H groups in total. The second-order valence-corrected chi connectivity index (χ2v) is 6.73. The second kappa shape index (κ2) is 9.10. The fourth-order valence-corrected chi connectivity index (χ4v) is 3.17. The van der Waals surface area contributed by atoms with Gasteiger partial charge in [-0.15, -0.1) is 0 Å². The van der Waals surface area contributed by atoms with Crippen LogP contribution in [-0.4, -0.2) is 30.4 Å². The van der Waals surface area contributed by atoms with Crippen molar-refractivity contribution in [1.29, 1.82) is 0 Å². The molecule has 0 spiro atoms. The molecular weight excluding hydrogens is 366 g/mol. The van der Waals surface area contributed by atoms with Gasteiger partial charge in [-0.05, 0) is 56.7 Å². The minimum Gasteiger partial charge on any atom is -0.493 e. The molecule has 0 atom stereocenters. The Morgan fingerprint density at radius 1 is 1.07 bits per heavy atom. The highest BCUT2D eigenvalue weighted by atomic mass is 16.5. The van der Waals surface area contributed by atoms with E-state index in [1.165, 1.54) is 5.56 Å². The Morgan fingerprint density at radius 2 is 1.83 bits per heavy atom. The highest BCUT2D eigenvalue weighted by Gasteiger charge is 2.10. The van der Waals surface area contributed by atoms with Crippen LogP contribution in [0.2, 0.25) is 0 Å². The molecule has 0 aliphatic carbocycles. The van der Waals surface area contributed by atoms with Gasteiger partial charge in [-0.3, -0.25) is 4.79 Å². The Bertz CT molecular complexity index is 1040. The summed E-state index contributed by atoms with van der Waals surface area (Å²) in [7, 11) is 1.56. The van der Waals surface area contributed by atoms with Gasteiger partial charge in [0.15, 0.2) is 18.1 Å². The summed E-state index contributed by atoms with van der Waals surface area (Å²) in [5.41, 5.74) is 7.90. The number of hydrogen-bond acceptors (Lipinski definition) is 4. The van der Waals surface area contributed by atoms with E-state index in [-0.39, 0.29) is 12.5 Å². The van der Waals surface area contributed by atoms with E-state index in [4.69, 9.17) is 9.47 Å². The number of aryl methyl sites for hydroxylation is 2. The predicted molar refractivity (Wildman–Crippen MR) is 114 cm³/mol. The van der Waals surface area contributed by atoms with Crippen LogP contribution < -0.4 is 14.9 Å². The second-order valence-electron chi connectivity index (χ2n) is 6.73. The number of amides is 1. The molecular formula is C23H25N3O3. The monoisotopic (exact) mass is 391 g/mol. The molecule has 3 aromatic rings. The van der Waals surface area contributed by atoms with Gasteiger partial charge in [0, 0.05) is 22.6 Å².